The molecule has 0 spiro atoms. The number of hydrogen-bond acceptors (Lipinski definition) is 5. The number of benzene rings is 1. The standard InChI is InChI=1S/C11H12BrN3O3/c1-11(14,7-13)4-5-18-10-6-8(15(16)17)2-3-9(10)12/h2-3,6H,4-5,14H2,1H3. The lowest BCUT2D eigenvalue weighted by Crippen LogP contribution is -2.35. The fourth-order valence-electron chi connectivity index (χ4n) is 1.15. The van der Waals surface area contributed by atoms with Crippen LogP contribution in [0.1, 0.15) is 13.3 Å². The molecule has 1 aromatic carbocycles. The van der Waals surface area contributed by atoms with Gasteiger partial charge < -0.3 is 10.5 Å². The Morgan fingerprint density at radius 2 is 2.33 bits per heavy atom. The first-order chi connectivity index (χ1) is 8.35. The molecule has 0 amide bonds. The minimum Gasteiger partial charge on any atom is -0.492 e. The van der Waals surface area contributed by atoms with Gasteiger partial charge in [-0.2, -0.15) is 5.26 Å². The number of nitrogens with two attached hydrogens (primary N) is 1. The summed E-state index contributed by atoms with van der Waals surface area (Å²) >= 11 is 3.23. The van der Waals surface area contributed by atoms with Crippen LogP contribution in [-0.2, 0) is 0 Å². The van der Waals surface area contributed by atoms with Crippen LogP contribution in [0.4, 0.5) is 5.69 Å². The molecule has 0 saturated carbocycles. The Labute approximate surface area is 113 Å². The van der Waals surface area contributed by atoms with Crippen molar-refractivity contribution in [3.63, 3.8) is 0 Å². The number of halogens is 1. The van der Waals surface area contributed by atoms with Crippen LogP contribution < -0.4 is 10.5 Å². The molecule has 1 unspecified atom stereocenters. The average molecular weight is 314 g/mol. The second-order valence-electron chi connectivity index (χ2n) is 4.00. The zero-order chi connectivity index (χ0) is 13.8. The maximum atomic E-state index is 10.6. The van der Waals surface area contributed by atoms with Crippen LogP contribution in [0.5, 0.6) is 5.75 Å². The number of nitro benzene ring substituents is 1. The number of rotatable bonds is 5. The Morgan fingerprint density at radius 3 is 2.89 bits per heavy atom. The van der Waals surface area contributed by atoms with E-state index >= 15 is 0 Å². The number of nitriles is 1. The Bertz CT molecular complexity index is 497. The molecule has 0 aliphatic rings. The summed E-state index contributed by atoms with van der Waals surface area (Å²) in [5, 5.41) is 19.3. The predicted molar refractivity (Wildman–Crippen MR) is 69.1 cm³/mol. The van der Waals surface area contributed by atoms with E-state index in [2.05, 4.69) is 15.9 Å². The zero-order valence-electron chi connectivity index (χ0n) is 9.72. The summed E-state index contributed by atoms with van der Waals surface area (Å²) in [6.45, 7) is 1.80. The Morgan fingerprint density at radius 1 is 1.67 bits per heavy atom. The minimum atomic E-state index is -0.965. The van der Waals surface area contributed by atoms with Crippen LogP contribution in [0.3, 0.4) is 0 Å². The molecule has 0 aliphatic carbocycles. The third kappa shape index (κ3) is 3.98. The van der Waals surface area contributed by atoms with Gasteiger partial charge in [-0.05, 0) is 28.9 Å². The van der Waals surface area contributed by atoms with Crippen molar-refractivity contribution < 1.29 is 9.66 Å². The van der Waals surface area contributed by atoms with Gasteiger partial charge >= 0.3 is 0 Å². The molecule has 6 nitrogen and oxygen atoms in total. The second-order valence-corrected chi connectivity index (χ2v) is 4.85. The van der Waals surface area contributed by atoms with Gasteiger partial charge in [0.1, 0.15) is 11.3 Å². The van der Waals surface area contributed by atoms with Crippen molar-refractivity contribution >= 4 is 21.6 Å². The fourth-order valence-corrected chi connectivity index (χ4v) is 1.51. The summed E-state index contributed by atoms with van der Waals surface area (Å²) in [5.41, 5.74) is 4.62. The highest BCUT2D eigenvalue weighted by Crippen LogP contribution is 2.29. The summed E-state index contributed by atoms with van der Waals surface area (Å²) in [4.78, 5) is 10.1. The van der Waals surface area contributed by atoms with E-state index in [1.54, 1.807) is 13.0 Å². The van der Waals surface area contributed by atoms with E-state index in [1.165, 1.54) is 12.1 Å². The molecule has 2 N–H and O–H groups in total. The number of ether oxygens (including phenoxy) is 1. The highest BCUT2D eigenvalue weighted by molar-refractivity contribution is 9.10. The van der Waals surface area contributed by atoms with Gasteiger partial charge in [0, 0.05) is 12.5 Å². The lowest BCUT2D eigenvalue weighted by Gasteiger charge is -2.15. The van der Waals surface area contributed by atoms with E-state index in [0.29, 0.717) is 16.6 Å². The Balaban J connectivity index is 2.71. The maximum absolute atomic E-state index is 10.6. The van der Waals surface area contributed by atoms with E-state index in [-0.39, 0.29) is 12.3 Å². The van der Waals surface area contributed by atoms with Crippen molar-refractivity contribution in [3.05, 3.63) is 32.8 Å². The molecule has 0 fully saturated rings. The third-order valence-corrected chi connectivity index (χ3v) is 2.92. The van der Waals surface area contributed by atoms with E-state index in [0.717, 1.165) is 0 Å². The quantitative estimate of drug-likeness (QED) is 0.664. The molecule has 18 heavy (non-hydrogen) atoms. The lowest BCUT2D eigenvalue weighted by atomic mass is 10.0. The summed E-state index contributed by atoms with van der Waals surface area (Å²) in [5.74, 6) is 0.359. The van der Waals surface area contributed by atoms with Crippen LogP contribution in [0.25, 0.3) is 0 Å². The number of nitrogens with zero attached hydrogens (tertiary/aromatic N) is 2. The van der Waals surface area contributed by atoms with Crippen LogP contribution in [-0.4, -0.2) is 17.1 Å². The SMILES string of the molecule is CC(N)(C#N)CCOc1cc([N+](=O)[O-])ccc1Br. The van der Waals surface area contributed by atoms with Gasteiger partial charge in [-0.3, -0.25) is 10.1 Å². The molecular formula is C11H12BrN3O3. The molecule has 1 rings (SSSR count). The average Bonchev–Trinajstić information content (AvgIpc) is 2.31. The molecule has 0 saturated heterocycles. The van der Waals surface area contributed by atoms with Crippen molar-refractivity contribution in [1.82, 2.24) is 0 Å². The fraction of sp³-hybridized carbons (Fsp3) is 0.364. The Hall–Kier alpha value is -1.65. The molecule has 7 heteroatoms. The van der Waals surface area contributed by atoms with E-state index in [1.807, 2.05) is 6.07 Å². The van der Waals surface area contributed by atoms with E-state index in [4.69, 9.17) is 15.7 Å². The number of hydrogen-bond donors (Lipinski definition) is 1. The molecule has 96 valence electrons. The van der Waals surface area contributed by atoms with Gasteiger partial charge in [0.15, 0.2) is 0 Å². The highest BCUT2D eigenvalue weighted by atomic mass is 79.9. The smallest absolute Gasteiger partial charge is 0.273 e. The van der Waals surface area contributed by atoms with Crippen LogP contribution in [0.2, 0.25) is 0 Å². The first-order valence-electron chi connectivity index (χ1n) is 5.12. The van der Waals surface area contributed by atoms with Gasteiger partial charge in [0.05, 0.1) is 28.1 Å². The monoisotopic (exact) mass is 313 g/mol. The van der Waals surface area contributed by atoms with Crippen molar-refractivity contribution in [2.45, 2.75) is 18.9 Å². The normalized spacial score (nSPS) is 13.4. The molecule has 1 atom stereocenters. The number of nitro groups is 1. The molecule has 0 aliphatic heterocycles. The largest absolute Gasteiger partial charge is 0.492 e. The predicted octanol–water partition coefficient (Wildman–Crippen LogP) is 2.37. The van der Waals surface area contributed by atoms with Gasteiger partial charge in [-0.1, -0.05) is 0 Å². The van der Waals surface area contributed by atoms with Crippen molar-refractivity contribution in [1.29, 1.82) is 5.26 Å². The molecule has 1 aromatic rings. The topological polar surface area (TPSA) is 102 Å². The van der Waals surface area contributed by atoms with Crippen LogP contribution in [0, 0.1) is 21.4 Å². The molecular weight excluding hydrogens is 302 g/mol. The third-order valence-electron chi connectivity index (χ3n) is 2.26. The van der Waals surface area contributed by atoms with Crippen LogP contribution >= 0.6 is 15.9 Å². The van der Waals surface area contributed by atoms with Gasteiger partial charge in [0.25, 0.3) is 5.69 Å². The summed E-state index contributed by atoms with van der Waals surface area (Å²) in [6, 6.07) is 6.19. The van der Waals surface area contributed by atoms with Gasteiger partial charge in [-0.15, -0.1) is 0 Å². The highest BCUT2D eigenvalue weighted by Gasteiger charge is 2.18. The summed E-state index contributed by atoms with van der Waals surface area (Å²) in [6.07, 6.45) is 0.332. The maximum Gasteiger partial charge on any atom is 0.273 e. The summed E-state index contributed by atoms with van der Waals surface area (Å²) < 4.78 is 6.00. The lowest BCUT2D eigenvalue weighted by molar-refractivity contribution is -0.385. The van der Waals surface area contributed by atoms with Crippen molar-refractivity contribution in [3.8, 4) is 11.8 Å². The molecule has 0 radical (unpaired) electrons. The number of non-ortho nitro benzene ring substituents is 1. The zero-order valence-corrected chi connectivity index (χ0v) is 11.3. The molecule has 0 aromatic heterocycles. The molecule has 0 bridgehead atoms. The summed E-state index contributed by atoms with van der Waals surface area (Å²) in [7, 11) is 0. The van der Waals surface area contributed by atoms with Gasteiger partial charge in [0.2, 0.25) is 0 Å². The second kappa shape index (κ2) is 5.80. The van der Waals surface area contributed by atoms with Gasteiger partial charge in [-0.25, -0.2) is 0 Å². The van der Waals surface area contributed by atoms with E-state index < -0.39 is 10.5 Å². The van der Waals surface area contributed by atoms with Crippen molar-refractivity contribution in [2.75, 3.05) is 6.61 Å². The van der Waals surface area contributed by atoms with E-state index in [9.17, 15) is 10.1 Å². The van der Waals surface area contributed by atoms with Crippen LogP contribution in [0.15, 0.2) is 22.7 Å². The molecule has 0 heterocycles. The Kier molecular flexibility index (Phi) is 4.64. The van der Waals surface area contributed by atoms with Crippen molar-refractivity contribution in [2.24, 2.45) is 5.73 Å². The minimum absolute atomic E-state index is 0.0519. The first-order valence-corrected chi connectivity index (χ1v) is 5.92. The first kappa shape index (κ1) is 14.4.